The van der Waals surface area contributed by atoms with Gasteiger partial charge < -0.3 is 21.3 Å². The number of carbonyl (C=O) groups is 3. The second kappa shape index (κ2) is 22.3. The van der Waals surface area contributed by atoms with E-state index in [0.29, 0.717) is 28.9 Å². The first-order valence-electron chi connectivity index (χ1n) is 23.5. The van der Waals surface area contributed by atoms with E-state index >= 15 is 0 Å². The molecule has 14 heteroatoms. The molecule has 0 saturated carbocycles. The molecule has 2 amide bonds. The number of aliphatic hydroxyl groups excluding tert-OH is 2. The molecule has 0 atom stereocenters. The Kier molecular flexibility index (Phi) is 17.6. The van der Waals surface area contributed by atoms with Gasteiger partial charge in [0.05, 0.1) is 48.6 Å². The molecule has 0 unspecified atom stereocenters. The summed E-state index contributed by atoms with van der Waals surface area (Å²) in [4.78, 5) is 43.0. The fraction of sp³-hybridized carbons (Fsp3) is 0.328. The summed E-state index contributed by atoms with van der Waals surface area (Å²) in [6.45, 7) is 18.1. The van der Waals surface area contributed by atoms with E-state index < -0.39 is 35.0 Å². The first kappa shape index (κ1) is 56.8. The number of aliphatic hydroxyl groups is 2. The molecule has 6 aromatic rings. The number of halogens is 3. The Morgan fingerprint density at radius 1 is 0.569 bits per heavy atom. The summed E-state index contributed by atoms with van der Waals surface area (Å²) in [6.07, 6.45) is 1.53. The van der Waals surface area contributed by atoms with Crippen LogP contribution in [0.2, 0.25) is 0 Å². The Morgan fingerprint density at radius 3 is 1.36 bits per heavy atom. The summed E-state index contributed by atoms with van der Waals surface area (Å²) in [5.74, 6) is -2.26. The summed E-state index contributed by atoms with van der Waals surface area (Å²) in [5, 5.41) is 18.8. The molecule has 0 aromatic heterocycles. The van der Waals surface area contributed by atoms with Crippen molar-refractivity contribution in [2.24, 2.45) is 0 Å². The van der Waals surface area contributed by atoms with E-state index in [1.807, 2.05) is 102 Å². The number of carbonyl (C=O) groups excluding carboxylic acids is 3. The summed E-state index contributed by atoms with van der Waals surface area (Å²) in [7, 11) is 1.20. The predicted octanol–water partition coefficient (Wildman–Crippen LogP) is 9.42. The molecule has 371 valence electrons. The Balaban J connectivity index is 0.000000233. The van der Waals surface area contributed by atoms with Gasteiger partial charge >= 0.3 is 24.8 Å². The normalized spacial score (nSPS) is 15.7. The molecule has 3 aliphatic heterocycles. The van der Waals surface area contributed by atoms with Crippen molar-refractivity contribution in [3.05, 3.63) is 177 Å². The summed E-state index contributed by atoms with van der Waals surface area (Å²) < 4.78 is 47.4. The molecule has 0 fully saturated rings. The van der Waals surface area contributed by atoms with Crippen LogP contribution in [0.1, 0.15) is 117 Å². The molecular formula is C58H63BF3LiN3O6. The van der Waals surface area contributed by atoms with Gasteiger partial charge in [0.15, 0.2) is 0 Å². The van der Waals surface area contributed by atoms with E-state index in [4.69, 9.17) is 0 Å². The van der Waals surface area contributed by atoms with Gasteiger partial charge in [0, 0.05) is 61.1 Å². The summed E-state index contributed by atoms with van der Waals surface area (Å²) in [6, 6.07) is 32.6. The quantitative estimate of drug-likeness (QED) is 0.127. The van der Waals surface area contributed by atoms with Crippen molar-refractivity contribution in [2.45, 2.75) is 111 Å². The van der Waals surface area contributed by atoms with Crippen LogP contribution in [0.4, 0.5) is 47.3 Å². The van der Waals surface area contributed by atoms with E-state index in [9.17, 15) is 37.8 Å². The Labute approximate surface area is 437 Å². The number of aryl methyl sites for hydroxylation is 3. The first-order valence-corrected chi connectivity index (χ1v) is 23.5. The van der Waals surface area contributed by atoms with Crippen LogP contribution in [0, 0.1) is 38.2 Å². The number of anilines is 6. The molecule has 72 heavy (non-hydrogen) atoms. The third-order valence-corrected chi connectivity index (χ3v) is 13.9. The van der Waals surface area contributed by atoms with Crippen molar-refractivity contribution in [1.82, 2.24) is 0 Å². The summed E-state index contributed by atoms with van der Waals surface area (Å²) in [5.41, 5.74) is 9.80. The number of benzene rings is 6. The van der Waals surface area contributed by atoms with Gasteiger partial charge in [0.1, 0.15) is 17.5 Å². The molecule has 0 spiro atoms. The number of ether oxygens (including phenoxy) is 1. The van der Waals surface area contributed by atoms with Crippen LogP contribution in [-0.2, 0) is 43.8 Å². The molecule has 0 bridgehead atoms. The van der Waals surface area contributed by atoms with E-state index in [1.54, 1.807) is 28.0 Å². The minimum atomic E-state index is -0.763. The predicted molar refractivity (Wildman–Crippen MR) is 277 cm³/mol. The number of rotatable bonds is 6. The minimum Gasteiger partial charge on any atom is -1.00 e. The van der Waals surface area contributed by atoms with E-state index in [2.05, 4.69) is 42.5 Å². The number of amides is 2. The van der Waals surface area contributed by atoms with Gasteiger partial charge in [-0.05, 0) is 121 Å². The topological polar surface area (TPSA) is 111 Å². The van der Waals surface area contributed by atoms with Crippen LogP contribution in [0.25, 0.3) is 0 Å². The van der Waals surface area contributed by atoms with Gasteiger partial charge in [-0.25, -0.2) is 18.0 Å². The van der Waals surface area contributed by atoms with Gasteiger partial charge in [-0.1, -0.05) is 96.1 Å². The monoisotopic (exact) mass is 972 g/mol. The van der Waals surface area contributed by atoms with Gasteiger partial charge in [-0.3, -0.25) is 19.4 Å². The molecule has 9 nitrogen and oxygen atoms in total. The number of hydrogen-bond donors (Lipinski definition) is 2. The fourth-order valence-corrected chi connectivity index (χ4v) is 9.79. The minimum absolute atomic E-state index is 0. The average Bonchev–Trinajstić information content (AvgIpc) is 3.30. The van der Waals surface area contributed by atoms with Crippen molar-refractivity contribution < 1.29 is 62.8 Å². The zero-order valence-corrected chi connectivity index (χ0v) is 43.2. The molecule has 2 N–H and O–H groups in total. The third kappa shape index (κ3) is 11.1. The molecule has 0 saturated heterocycles. The second-order valence-electron chi connectivity index (χ2n) is 20.3. The van der Waals surface area contributed by atoms with Crippen molar-refractivity contribution in [2.75, 3.05) is 28.4 Å². The van der Waals surface area contributed by atoms with Crippen molar-refractivity contribution in [1.29, 1.82) is 0 Å². The molecule has 3 heterocycles. The number of fused-ring (bicyclic) bond motifs is 3. The van der Waals surface area contributed by atoms with Gasteiger partial charge in [0.2, 0.25) is 11.8 Å². The number of para-hydroxylation sites is 3. The van der Waals surface area contributed by atoms with E-state index in [0.717, 1.165) is 58.0 Å². The zero-order chi connectivity index (χ0) is 51.0. The van der Waals surface area contributed by atoms with Gasteiger partial charge in [0.25, 0.3) is 0 Å². The van der Waals surface area contributed by atoms with Crippen molar-refractivity contribution in [3.8, 4) is 0 Å². The first-order chi connectivity index (χ1) is 33.0. The van der Waals surface area contributed by atoms with E-state index in [-0.39, 0.29) is 75.9 Å². The smallest absolute Gasteiger partial charge is 1.00 e. The molecule has 3 aliphatic rings. The molecule has 6 aromatic carbocycles. The van der Waals surface area contributed by atoms with Gasteiger partial charge in [-0.2, -0.15) is 0 Å². The van der Waals surface area contributed by atoms with Crippen LogP contribution in [0.15, 0.2) is 109 Å². The number of esters is 1. The van der Waals surface area contributed by atoms with Crippen LogP contribution in [0.5, 0.6) is 0 Å². The van der Waals surface area contributed by atoms with Crippen LogP contribution in [0.3, 0.4) is 0 Å². The Hall–Kier alpha value is -6.10. The van der Waals surface area contributed by atoms with Crippen LogP contribution < -0.4 is 33.6 Å². The van der Waals surface area contributed by atoms with Crippen molar-refractivity contribution >= 4 is 60.3 Å². The summed E-state index contributed by atoms with van der Waals surface area (Å²) >= 11 is 0. The van der Waals surface area contributed by atoms with Gasteiger partial charge in [-0.15, -0.1) is 0 Å². The number of methoxy groups -OCH3 is 1. The third-order valence-electron chi connectivity index (χ3n) is 13.9. The fourth-order valence-electron chi connectivity index (χ4n) is 9.79. The van der Waals surface area contributed by atoms with Crippen LogP contribution >= 0.6 is 0 Å². The Morgan fingerprint density at radius 2 is 0.944 bits per heavy atom. The second-order valence-corrected chi connectivity index (χ2v) is 20.3. The average molecular weight is 973 g/mol. The van der Waals surface area contributed by atoms with Crippen LogP contribution in [-0.4, -0.2) is 50.1 Å². The SMILES string of the molecule is COC(=O)c1cc2c(cc1F)C(C)(C)CC(=O)N2c1ccccc1C.Cc1ccccc1N1C(=O)CC(C)(C)c2cc(F)c(CO)cc21.Cc1ccccc1N1CCC(C)(C)c2cc(F)c(CO)cc21.[B].[H-].[Li+]. The van der Waals surface area contributed by atoms with Crippen molar-refractivity contribution in [3.63, 3.8) is 0 Å². The standard InChI is InChI=1S/C20H20FNO3.C19H20FNO2.C19H22FNO.B.Li.H/c1-12-7-5-6-8-16(12)22-17-9-13(19(24)25-4)15(21)10-14(17)20(2,3)11-18(22)23;1-12-6-4-5-7-16(12)21-17-8-13(11-22)15(20)9-14(17)19(2,3)10-18(21)23;1-13-6-4-5-7-17(13)21-9-8-19(2,3)15-11-16(20)14(12-22)10-18(15)21;;;/h5-10H,11H2,1-4H3;4-9,22H,10-11H2,1-3H3;4-7,10-11,22H,8-9,12H2,1-3H3;;;/q;;;;+1;-1. The Bertz CT molecular complexity index is 3020. The largest absolute Gasteiger partial charge is 1.00 e. The maximum absolute atomic E-state index is 14.5. The zero-order valence-electron chi connectivity index (χ0n) is 44.2. The maximum atomic E-state index is 14.5. The number of hydrogen-bond acceptors (Lipinski definition) is 7. The molecule has 9 rings (SSSR count). The maximum Gasteiger partial charge on any atom is 1.00 e. The number of nitrogens with zero attached hydrogens (tertiary/aromatic N) is 3. The molecule has 3 radical (unpaired) electrons. The van der Waals surface area contributed by atoms with E-state index in [1.165, 1.54) is 30.9 Å². The molecule has 0 aliphatic carbocycles. The molecular weight excluding hydrogens is 909 g/mol.